The molecule has 1 aliphatic rings. The lowest BCUT2D eigenvalue weighted by molar-refractivity contribution is 0.733. The van der Waals surface area contributed by atoms with Crippen LogP contribution in [0.4, 0.5) is 11.5 Å². The molecule has 1 unspecified atom stereocenters. The minimum Gasteiger partial charge on any atom is -0.323 e. The van der Waals surface area contributed by atoms with Crippen LogP contribution in [0.5, 0.6) is 0 Å². The molecule has 5 nitrogen and oxygen atoms in total. The Morgan fingerprint density at radius 1 is 1.25 bits per heavy atom. The third-order valence-electron chi connectivity index (χ3n) is 3.82. The second-order valence-electron chi connectivity index (χ2n) is 5.28. The maximum atomic E-state index is 4.41. The Morgan fingerprint density at radius 3 is 3.00 bits per heavy atom. The Morgan fingerprint density at radius 2 is 2.10 bits per heavy atom. The number of rotatable bonds is 1. The Hall–Kier alpha value is -2.43. The second kappa shape index (κ2) is 4.03. The van der Waals surface area contributed by atoms with Crippen LogP contribution < -0.4 is 4.90 Å². The first-order chi connectivity index (χ1) is 9.74. The predicted octanol–water partition coefficient (Wildman–Crippen LogP) is 2.52. The molecule has 5 heteroatoms. The van der Waals surface area contributed by atoms with Crippen LogP contribution in [-0.2, 0) is 6.42 Å². The average Bonchev–Trinajstić information content (AvgIpc) is 3.00. The van der Waals surface area contributed by atoms with Crippen LogP contribution in [-0.4, -0.2) is 25.6 Å². The van der Waals surface area contributed by atoms with Crippen LogP contribution in [0.15, 0.2) is 36.7 Å². The molecule has 1 aliphatic heterocycles. The van der Waals surface area contributed by atoms with E-state index >= 15 is 0 Å². The zero-order valence-corrected chi connectivity index (χ0v) is 11.5. The first-order valence-corrected chi connectivity index (χ1v) is 6.78. The monoisotopic (exact) mass is 265 g/mol. The van der Waals surface area contributed by atoms with Gasteiger partial charge in [-0.3, -0.25) is 0 Å². The smallest absolute Gasteiger partial charge is 0.254 e. The molecule has 2 aromatic heterocycles. The van der Waals surface area contributed by atoms with Gasteiger partial charge < -0.3 is 4.90 Å². The Bertz CT molecular complexity index is 792. The fourth-order valence-corrected chi connectivity index (χ4v) is 3.00. The first-order valence-electron chi connectivity index (χ1n) is 6.78. The summed E-state index contributed by atoms with van der Waals surface area (Å²) >= 11 is 0. The topological polar surface area (TPSA) is 46.3 Å². The van der Waals surface area contributed by atoms with E-state index < -0.39 is 0 Å². The van der Waals surface area contributed by atoms with Crippen LogP contribution in [0.25, 0.3) is 5.78 Å². The van der Waals surface area contributed by atoms with Crippen molar-refractivity contribution < 1.29 is 0 Å². The van der Waals surface area contributed by atoms with Crippen LogP contribution in [0.3, 0.4) is 0 Å². The van der Waals surface area contributed by atoms with E-state index in [1.54, 1.807) is 6.33 Å². The van der Waals surface area contributed by atoms with E-state index in [-0.39, 0.29) is 0 Å². The molecule has 3 heterocycles. The summed E-state index contributed by atoms with van der Waals surface area (Å²) in [7, 11) is 0. The molecule has 100 valence electrons. The number of nitrogens with zero attached hydrogens (tertiary/aromatic N) is 5. The highest BCUT2D eigenvalue weighted by molar-refractivity contribution is 5.70. The van der Waals surface area contributed by atoms with E-state index in [1.807, 2.05) is 11.4 Å². The SMILES string of the molecule is Cc1cc(N2c3ccccc3CC2C)n2ncnc2n1. The van der Waals surface area contributed by atoms with Crippen molar-refractivity contribution in [3.63, 3.8) is 0 Å². The van der Waals surface area contributed by atoms with Crippen molar-refractivity contribution in [3.8, 4) is 0 Å². The van der Waals surface area contributed by atoms with Gasteiger partial charge in [0.25, 0.3) is 5.78 Å². The quantitative estimate of drug-likeness (QED) is 0.678. The van der Waals surface area contributed by atoms with Crippen LogP contribution >= 0.6 is 0 Å². The van der Waals surface area contributed by atoms with Gasteiger partial charge in [-0.25, -0.2) is 4.98 Å². The Balaban J connectivity index is 1.97. The van der Waals surface area contributed by atoms with E-state index in [2.05, 4.69) is 57.2 Å². The molecule has 0 radical (unpaired) electrons. The minimum atomic E-state index is 0.404. The van der Waals surface area contributed by atoms with E-state index in [1.165, 1.54) is 11.3 Å². The molecule has 0 saturated heterocycles. The zero-order valence-electron chi connectivity index (χ0n) is 11.5. The van der Waals surface area contributed by atoms with Gasteiger partial charge in [0.2, 0.25) is 0 Å². The molecule has 0 spiro atoms. The molecule has 0 aliphatic carbocycles. The molecule has 0 fully saturated rings. The maximum absolute atomic E-state index is 4.41. The lowest BCUT2D eigenvalue weighted by atomic mass is 10.1. The number of anilines is 2. The van der Waals surface area contributed by atoms with Crippen molar-refractivity contribution in [2.75, 3.05) is 4.90 Å². The number of hydrogen-bond donors (Lipinski definition) is 0. The zero-order chi connectivity index (χ0) is 13.7. The third kappa shape index (κ3) is 1.52. The molecular weight excluding hydrogens is 250 g/mol. The Kier molecular flexibility index (Phi) is 2.30. The summed E-state index contributed by atoms with van der Waals surface area (Å²) in [6.45, 7) is 4.23. The van der Waals surface area contributed by atoms with Gasteiger partial charge in [-0.2, -0.15) is 14.6 Å². The van der Waals surface area contributed by atoms with Crippen molar-refractivity contribution in [3.05, 3.63) is 47.9 Å². The van der Waals surface area contributed by atoms with Crippen molar-refractivity contribution in [2.45, 2.75) is 26.3 Å². The van der Waals surface area contributed by atoms with Gasteiger partial charge in [0.15, 0.2) is 0 Å². The number of para-hydroxylation sites is 1. The molecule has 4 rings (SSSR count). The van der Waals surface area contributed by atoms with Crippen LogP contribution in [0, 0.1) is 6.92 Å². The van der Waals surface area contributed by atoms with Gasteiger partial charge in [0, 0.05) is 23.5 Å². The van der Waals surface area contributed by atoms with Gasteiger partial charge in [0.05, 0.1) is 0 Å². The number of benzene rings is 1. The molecule has 1 atom stereocenters. The van der Waals surface area contributed by atoms with Gasteiger partial charge in [-0.05, 0) is 31.9 Å². The summed E-state index contributed by atoms with van der Waals surface area (Å²) in [6, 6.07) is 11.0. The molecule has 1 aromatic carbocycles. The van der Waals surface area contributed by atoms with Crippen LogP contribution in [0.1, 0.15) is 18.2 Å². The number of aromatic nitrogens is 4. The van der Waals surface area contributed by atoms with E-state index in [4.69, 9.17) is 0 Å². The molecule has 0 N–H and O–H groups in total. The lowest BCUT2D eigenvalue weighted by Crippen LogP contribution is -2.26. The maximum Gasteiger partial charge on any atom is 0.254 e. The van der Waals surface area contributed by atoms with E-state index in [0.29, 0.717) is 11.8 Å². The molecule has 0 amide bonds. The summed E-state index contributed by atoms with van der Waals surface area (Å²) < 4.78 is 1.81. The fourth-order valence-electron chi connectivity index (χ4n) is 3.00. The van der Waals surface area contributed by atoms with Gasteiger partial charge in [-0.15, -0.1) is 0 Å². The molecule has 20 heavy (non-hydrogen) atoms. The second-order valence-corrected chi connectivity index (χ2v) is 5.28. The number of fused-ring (bicyclic) bond motifs is 2. The first kappa shape index (κ1) is 11.4. The van der Waals surface area contributed by atoms with E-state index in [9.17, 15) is 0 Å². The van der Waals surface area contributed by atoms with Crippen molar-refractivity contribution in [1.29, 1.82) is 0 Å². The fraction of sp³-hybridized carbons (Fsp3) is 0.267. The summed E-state index contributed by atoms with van der Waals surface area (Å²) in [5.74, 6) is 1.68. The minimum absolute atomic E-state index is 0.404. The van der Waals surface area contributed by atoms with Crippen molar-refractivity contribution in [2.24, 2.45) is 0 Å². The highest BCUT2D eigenvalue weighted by atomic mass is 15.4. The molecular formula is C15H15N5. The lowest BCUT2D eigenvalue weighted by Gasteiger charge is -2.25. The summed E-state index contributed by atoms with van der Waals surface area (Å²) in [5, 5.41) is 4.31. The molecule has 0 bridgehead atoms. The standard InChI is InChI=1S/C15H15N5/c1-10-7-14(20-15(18-10)16-9-17-20)19-11(2)8-12-5-3-4-6-13(12)19/h3-7,9,11H,8H2,1-2H3. The summed E-state index contributed by atoms with van der Waals surface area (Å²) in [4.78, 5) is 10.9. The molecule has 0 saturated carbocycles. The normalized spacial score (nSPS) is 17.7. The van der Waals surface area contributed by atoms with Crippen molar-refractivity contribution in [1.82, 2.24) is 19.6 Å². The summed E-state index contributed by atoms with van der Waals surface area (Å²) in [6.07, 6.45) is 2.60. The average molecular weight is 265 g/mol. The highest BCUT2D eigenvalue weighted by Crippen LogP contribution is 2.37. The number of hydrogen-bond acceptors (Lipinski definition) is 4. The van der Waals surface area contributed by atoms with Crippen molar-refractivity contribution >= 4 is 17.3 Å². The van der Waals surface area contributed by atoms with Gasteiger partial charge in [0.1, 0.15) is 12.1 Å². The van der Waals surface area contributed by atoms with Crippen LogP contribution in [0.2, 0.25) is 0 Å². The van der Waals surface area contributed by atoms with Gasteiger partial charge >= 0.3 is 0 Å². The Labute approximate surface area is 116 Å². The van der Waals surface area contributed by atoms with E-state index in [0.717, 1.165) is 17.9 Å². The summed E-state index contributed by atoms with van der Waals surface area (Å²) in [5.41, 5.74) is 3.59. The highest BCUT2D eigenvalue weighted by Gasteiger charge is 2.28. The van der Waals surface area contributed by atoms with Gasteiger partial charge in [-0.1, -0.05) is 18.2 Å². The number of aryl methyl sites for hydroxylation is 1. The largest absolute Gasteiger partial charge is 0.323 e. The third-order valence-corrected chi connectivity index (χ3v) is 3.82. The molecule has 3 aromatic rings. The predicted molar refractivity (Wildman–Crippen MR) is 77.3 cm³/mol.